The number of nitrogens with one attached hydrogen (secondary N) is 1. The number of fused-ring (bicyclic) bond motifs is 2. The maximum atomic E-state index is 12.3. The van der Waals surface area contributed by atoms with E-state index in [9.17, 15) is 4.79 Å². The fourth-order valence-electron chi connectivity index (χ4n) is 4.58. The van der Waals surface area contributed by atoms with Crippen molar-refractivity contribution in [2.75, 3.05) is 7.11 Å². The van der Waals surface area contributed by atoms with Crippen LogP contribution in [0.15, 0.2) is 60.7 Å². The zero-order valence-electron chi connectivity index (χ0n) is 16.4. The summed E-state index contributed by atoms with van der Waals surface area (Å²) in [4.78, 5) is 15.0. The van der Waals surface area contributed by atoms with Crippen LogP contribution in [0.3, 0.4) is 0 Å². The van der Waals surface area contributed by atoms with Gasteiger partial charge in [-0.2, -0.15) is 0 Å². The van der Waals surface area contributed by atoms with Crippen molar-refractivity contribution in [1.82, 2.24) is 10.2 Å². The molecular weight excluding hydrogens is 348 g/mol. The van der Waals surface area contributed by atoms with E-state index in [2.05, 4.69) is 22.3 Å². The van der Waals surface area contributed by atoms with E-state index >= 15 is 0 Å². The molecular formula is C24H28N2O2. The smallest absolute Gasteiger partial charge is 0.244 e. The van der Waals surface area contributed by atoms with Crippen molar-refractivity contribution in [3.05, 3.63) is 71.8 Å². The molecule has 0 spiro atoms. The zero-order valence-corrected chi connectivity index (χ0v) is 16.4. The number of ether oxygens (including phenoxy) is 1. The normalized spacial score (nSPS) is 24.4. The Morgan fingerprint density at radius 2 is 1.75 bits per heavy atom. The highest BCUT2D eigenvalue weighted by atomic mass is 16.5. The molecule has 2 aliphatic rings. The monoisotopic (exact) mass is 376 g/mol. The highest BCUT2D eigenvalue weighted by Gasteiger charge is 2.40. The summed E-state index contributed by atoms with van der Waals surface area (Å²) in [5, 5.41) is 3.22. The highest BCUT2D eigenvalue weighted by molar-refractivity contribution is 5.91. The first kappa shape index (κ1) is 18.8. The predicted octanol–water partition coefficient (Wildman–Crippen LogP) is 4.02. The minimum Gasteiger partial charge on any atom is -0.497 e. The van der Waals surface area contributed by atoms with E-state index in [-0.39, 0.29) is 11.9 Å². The summed E-state index contributed by atoms with van der Waals surface area (Å²) >= 11 is 0. The Hall–Kier alpha value is -2.59. The highest BCUT2D eigenvalue weighted by Crippen LogP contribution is 2.37. The molecule has 28 heavy (non-hydrogen) atoms. The van der Waals surface area contributed by atoms with Crippen LogP contribution in [0.2, 0.25) is 0 Å². The zero-order chi connectivity index (χ0) is 19.3. The Morgan fingerprint density at radius 3 is 2.39 bits per heavy atom. The largest absolute Gasteiger partial charge is 0.497 e. The van der Waals surface area contributed by atoms with Gasteiger partial charge in [-0.15, -0.1) is 0 Å². The SMILES string of the molecule is COc1ccc(CN2[C@@H]3CC[C@@H]2CC(NC(=O)/C=C/c2ccccc2)C3)cc1. The number of benzene rings is 2. The lowest BCUT2D eigenvalue weighted by Gasteiger charge is -2.39. The Balaban J connectivity index is 1.31. The van der Waals surface area contributed by atoms with Gasteiger partial charge in [-0.25, -0.2) is 0 Å². The summed E-state index contributed by atoms with van der Waals surface area (Å²) in [6.07, 6.45) is 8.07. The molecule has 4 nitrogen and oxygen atoms in total. The van der Waals surface area contributed by atoms with Gasteiger partial charge >= 0.3 is 0 Å². The quantitative estimate of drug-likeness (QED) is 0.774. The number of methoxy groups -OCH3 is 1. The second-order valence-corrected chi connectivity index (χ2v) is 7.83. The van der Waals surface area contributed by atoms with Gasteiger partial charge < -0.3 is 10.1 Å². The molecule has 1 N–H and O–H groups in total. The molecule has 1 amide bonds. The summed E-state index contributed by atoms with van der Waals surface area (Å²) < 4.78 is 5.25. The lowest BCUT2D eigenvalue weighted by atomic mass is 9.96. The van der Waals surface area contributed by atoms with Gasteiger partial charge in [0.15, 0.2) is 0 Å². The first-order chi connectivity index (χ1) is 13.7. The Morgan fingerprint density at radius 1 is 1.07 bits per heavy atom. The summed E-state index contributed by atoms with van der Waals surface area (Å²) in [5.41, 5.74) is 2.37. The van der Waals surface area contributed by atoms with Gasteiger partial charge in [0.25, 0.3) is 0 Å². The first-order valence-electron chi connectivity index (χ1n) is 10.1. The van der Waals surface area contributed by atoms with E-state index in [1.807, 2.05) is 48.5 Å². The van der Waals surface area contributed by atoms with Crippen molar-refractivity contribution in [3.8, 4) is 5.75 Å². The predicted molar refractivity (Wildman–Crippen MR) is 112 cm³/mol. The standard InChI is InChI=1S/C24H28N2O2/c1-28-23-12-7-19(8-13-23)17-26-21-10-11-22(26)16-20(15-21)25-24(27)14-9-18-5-3-2-4-6-18/h2-9,12-14,20-22H,10-11,15-17H2,1H3,(H,25,27)/b14-9+/t21-,22-/m1/s1. The van der Waals surface area contributed by atoms with Crippen molar-refractivity contribution in [2.24, 2.45) is 0 Å². The number of carbonyl (C=O) groups excluding carboxylic acids is 1. The molecule has 2 aromatic carbocycles. The van der Waals surface area contributed by atoms with Gasteiger partial charge in [0.1, 0.15) is 5.75 Å². The molecule has 2 saturated heterocycles. The molecule has 2 bridgehead atoms. The topological polar surface area (TPSA) is 41.6 Å². The lowest BCUT2D eigenvalue weighted by Crippen LogP contribution is -2.49. The van der Waals surface area contributed by atoms with E-state index in [4.69, 9.17) is 4.74 Å². The van der Waals surface area contributed by atoms with E-state index in [0.29, 0.717) is 12.1 Å². The number of hydrogen-bond donors (Lipinski definition) is 1. The van der Waals surface area contributed by atoms with Crippen LogP contribution in [0.25, 0.3) is 6.08 Å². The van der Waals surface area contributed by atoms with Gasteiger partial charge in [-0.1, -0.05) is 42.5 Å². The number of nitrogens with zero attached hydrogens (tertiary/aromatic N) is 1. The van der Waals surface area contributed by atoms with Crippen LogP contribution >= 0.6 is 0 Å². The van der Waals surface area contributed by atoms with Crippen LogP contribution in [0.4, 0.5) is 0 Å². The van der Waals surface area contributed by atoms with E-state index in [1.165, 1.54) is 18.4 Å². The molecule has 0 unspecified atom stereocenters. The minimum atomic E-state index is 0.0110. The molecule has 0 radical (unpaired) electrons. The number of carbonyl (C=O) groups is 1. The maximum absolute atomic E-state index is 12.3. The van der Waals surface area contributed by atoms with Crippen molar-refractivity contribution in [2.45, 2.75) is 50.4 Å². The van der Waals surface area contributed by atoms with Crippen LogP contribution < -0.4 is 10.1 Å². The molecule has 2 fully saturated rings. The Bertz CT molecular complexity index is 802. The number of hydrogen-bond acceptors (Lipinski definition) is 3. The van der Waals surface area contributed by atoms with E-state index in [0.717, 1.165) is 30.7 Å². The molecule has 2 aliphatic heterocycles. The van der Waals surface area contributed by atoms with Crippen LogP contribution in [-0.2, 0) is 11.3 Å². The molecule has 2 heterocycles. The maximum Gasteiger partial charge on any atom is 0.244 e. The molecule has 2 aromatic rings. The van der Waals surface area contributed by atoms with Crippen molar-refractivity contribution in [1.29, 1.82) is 0 Å². The van der Waals surface area contributed by atoms with Gasteiger partial charge in [0.2, 0.25) is 5.91 Å². The molecule has 4 rings (SSSR count). The molecule has 4 heteroatoms. The second kappa shape index (κ2) is 8.61. The number of piperidine rings is 1. The molecule has 146 valence electrons. The number of rotatable bonds is 6. The van der Waals surface area contributed by atoms with E-state index in [1.54, 1.807) is 13.2 Å². The second-order valence-electron chi connectivity index (χ2n) is 7.83. The van der Waals surface area contributed by atoms with Crippen molar-refractivity contribution < 1.29 is 9.53 Å². The van der Waals surface area contributed by atoms with Crippen molar-refractivity contribution in [3.63, 3.8) is 0 Å². The summed E-state index contributed by atoms with van der Waals surface area (Å²) in [6, 6.07) is 19.7. The van der Waals surface area contributed by atoms with Gasteiger partial charge in [-0.05, 0) is 55.0 Å². The summed E-state index contributed by atoms with van der Waals surface area (Å²) in [6.45, 7) is 0.980. The average Bonchev–Trinajstić information content (AvgIpc) is 2.96. The molecule has 2 atom stereocenters. The third kappa shape index (κ3) is 4.45. The third-order valence-corrected chi connectivity index (χ3v) is 5.98. The average molecular weight is 377 g/mol. The summed E-state index contributed by atoms with van der Waals surface area (Å²) in [7, 11) is 1.70. The van der Waals surface area contributed by atoms with Crippen molar-refractivity contribution >= 4 is 12.0 Å². The molecule has 0 saturated carbocycles. The molecule has 0 aromatic heterocycles. The van der Waals surface area contributed by atoms with Crippen LogP contribution in [0.1, 0.15) is 36.8 Å². The fourth-order valence-corrected chi connectivity index (χ4v) is 4.58. The number of amides is 1. The van der Waals surface area contributed by atoms with Gasteiger partial charge in [0.05, 0.1) is 7.11 Å². The van der Waals surface area contributed by atoms with Gasteiger partial charge in [0, 0.05) is 30.7 Å². The summed E-state index contributed by atoms with van der Waals surface area (Å²) in [5.74, 6) is 0.911. The third-order valence-electron chi connectivity index (χ3n) is 5.98. The van der Waals surface area contributed by atoms with Crippen LogP contribution in [0, 0.1) is 0 Å². The van der Waals surface area contributed by atoms with Crippen LogP contribution in [0.5, 0.6) is 5.75 Å². The Labute approximate surface area is 167 Å². The Kier molecular flexibility index (Phi) is 5.77. The minimum absolute atomic E-state index is 0.0110. The lowest BCUT2D eigenvalue weighted by molar-refractivity contribution is -0.117. The first-order valence-corrected chi connectivity index (χ1v) is 10.1. The fraction of sp³-hybridized carbons (Fsp3) is 0.375. The molecule has 0 aliphatic carbocycles. The van der Waals surface area contributed by atoms with Gasteiger partial charge in [-0.3, -0.25) is 9.69 Å². The van der Waals surface area contributed by atoms with E-state index < -0.39 is 0 Å². The van der Waals surface area contributed by atoms with Crippen LogP contribution in [-0.4, -0.2) is 36.0 Å².